The fourth-order valence-corrected chi connectivity index (χ4v) is 2.56. The van der Waals surface area contributed by atoms with Gasteiger partial charge in [0.15, 0.2) is 0 Å². The summed E-state index contributed by atoms with van der Waals surface area (Å²) in [5.74, 6) is 0.909. The summed E-state index contributed by atoms with van der Waals surface area (Å²) in [5, 5.41) is 14.7. The Kier molecular flexibility index (Phi) is 3.59. The van der Waals surface area contributed by atoms with Gasteiger partial charge in [-0.2, -0.15) is 5.10 Å². The minimum Gasteiger partial charge on any atom is -0.507 e. The molecule has 0 aliphatic carbocycles. The molecular weight excluding hydrogens is 276 g/mol. The number of nitrogens with zero attached hydrogens (tertiary/aromatic N) is 2. The lowest BCUT2D eigenvalue weighted by molar-refractivity contribution is 0.412. The molecule has 112 valence electrons. The highest BCUT2D eigenvalue weighted by Crippen LogP contribution is 2.34. The monoisotopic (exact) mass is 294 g/mol. The first-order valence-electron chi connectivity index (χ1n) is 7.07. The van der Waals surface area contributed by atoms with Gasteiger partial charge in [0.1, 0.15) is 11.5 Å². The summed E-state index contributed by atoms with van der Waals surface area (Å²) in [6.45, 7) is 2.06. The molecule has 0 fully saturated rings. The van der Waals surface area contributed by atoms with E-state index in [9.17, 15) is 5.11 Å². The van der Waals surface area contributed by atoms with Crippen molar-refractivity contribution in [2.45, 2.75) is 6.92 Å². The number of rotatable bonds is 3. The molecule has 0 atom stereocenters. The Bertz CT molecular complexity index is 822. The molecule has 0 aliphatic rings. The summed E-state index contributed by atoms with van der Waals surface area (Å²) >= 11 is 0. The van der Waals surface area contributed by atoms with Crippen LogP contribution in [0.2, 0.25) is 0 Å². The lowest BCUT2D eigenvalue weighted by atomic mass is 10.0. The summed E-state index contributed by atoms with van der Waals surface area (Å²) in [5.41, 5.74) is 4.69. The molecule has 0 saturated heterocycles. The Hall–Kier alpha value is -2.75. The maximum Gasteiger partial charge on any atom is 0.125 e. The third-order valence-corrected chi connectivity index (χ3v) is 3.78. The molecule has 0 unspecified atom stereocenters. The molecular formula is C18H18N2O2. The van der Waals surface area contributed by atoms with Crippen LogP contribution in [-0.2, 0) is 7.05 Å². The van der Waals surface area contributed by atoms with Crippen LogP contribution in [0.4, 0.5) is 0 Å². The van der Waals surface area contributed by atoms with Crippen molar-refractivity contribution in [3.63, 3.8) is 0 Å². The highest BCUT2D eigenvalue weighted by atomic mass is 16.5. The number of aromatic hydroxyl groups is 1. The molecule has 1 heterocycles. The molecule has 0 saturated carbocycles. The highest BCUT2D eigenvalue weighted by molar-refractivity contribution is 5.74. The van der Waals surface area contributed by atoms with Crippen molar-refractivity contribution in [1.82, 2.24) is 9.78 Å². The molecule has 0 bridgehead atoms. The van der Waals surface area contributed by atoms with E-state index in [1.165, 1.54) is 5.56 Å². The van der Waals surface area contributed by atoms with Crippen LogP contribution in [-0.4, -0.2) is 22.0 Å². The second-order valence-electron chi connectivity index (χ2n) is 5.24. The van der Waals surface area contributed by atoms with Gasteiger partial charge in [-0.3, -0.25) is 4.68 Å². The number of phenols is 1. The molecule has 3 rings (SSSR count). The first-order chi connectivity index (χ1) is 10.6. The number of benzene rings is 2. The van der Waals surface area contributed by atoms with Crippen LogP contribution in [0.1, 0.15) is 5.56 Å². The minimum absolute atomic E-state index is 0.208. The Balaban J connectivity index is 2.13. The lowest BCUT2D eigenvalue weighted by Gasteiger charge is -2.07. The number of aromatic nitrogens is 2. The summed E-state index contributed by atoms with van der Waals surface area (Å²) in [6.07, 6.45) is 0. The van der Waals surface area contributed by atoms with E-state index < -0.39 is 0 Å². The number of hydrogen-bond donors (Lipinski definition) is 1. The molecule has 4 nitrogen and oxygen atoms in total. The van der Waals surface area contributed by atoms with E-state index in [2.05, 4.69) is 18.1 Å². The average Bonchev–Trinajstić information content (AvgIpc) is 2.90. The van der Waals surface area contributed by atoms with Crippen molar-refractivity contribution in [3.05, 3.63) is 54.1 Å². The number of phenolic OH excluding ortho intramolecular Hbond substituents is 1. The van der Waals surface area contributed by atoms with Crippen LogP contribution in [0.3, 0.4) is 0 Å². The van der Waals surface area contributed by atoms with Crippen molar-refractivity contribution in [2.24, 2.45) is 7.05 Å². The maximum absolute atomic E-state index is 10.1. The third-order valence-electron chi connectivity index (χ3n) is 3.78. The van der Waals surface area contributed by atoms with Crippen molar-refractivity contribution in [1.29, 1.82) is 0 Å². The molecule has 0 amide bonds. The summed E-state index contributed by atoms with van der Waals surface area (Å²) in [6, 6.07) is 15.3. The zero-order valence-corrected chi connectivity index (χ0v) is 12.9. The van der Waals surface area contributed by atoms with E-state index in [1.807, 2.05) is 37.4 Å². The normalized spacial score (nSPS) is 10.7. The molecule has 4 heteroatoms. The predicted octanol–water partition coefficient (Wildman–Crippen LogP) is 3.78. The molecule has 0 aliphatic heterocycles. The number of hydrogen-bond acceptors (Lipinski definition) is 3. The van der Waals surface area contributed by atoms with Crippen molar-refractivity contribution in [2.75, 3.05) is 7.11 Å². The van der Waals surface area contributed by atoms with E-state index >= 15 is 0 Å². The summed E-state index contributed by atoms with van der Waals surface area (Å²) < 4.78 is 7.02. The zero-order valence-electron chi connectivity index (χ0n) is 12.9. The molecule has 1 aromatic heterocycles. The van der Waals surface area contributed by atoms with Crippen LogP contribution in [0.5, 0.6) is 11.5 Å². The van der Waals surface area contributed by atoms with Gasteiger partial charge in [-0.15, -0.1) is 0 Å². The van der Waals surface area contributed by atoms with Crippen LogP contribution in [0, 0.1) is 6.92 Å². The van der Waals surface area contributed by atoms with Crippen LogP contribution in [0.15, 0.2) is 48.5 Å². The summed E-state index contributed by atoms with van der Waals surface area (Å²) in [4.78, 5) is 0. The largest absolute Gasteiger partial charge is 0.507 e. The van der Waals surface area contributed by atoms with Gasteiger partial charge in [0.25, 0.3) is 0 Å². The minimum atomic E-state index is 0.208. The second-order valence-corrected chi connectivity index (χ2v) is 5.24. The Morgan fingerprint density at radius 1 is 1.05 bits per heavy atom. The van der Waals surface area contributed by atoms with E-state index in [4.69, 9.17) is 4.74 Å². The number of methoxy groups -OCH3 is 1. The van der Waals surface area contributed by atoms with E-state index in [0.29, 0.717) is 11.3 Å². The van der Waals surface area contributed by atoms with Gasteiger partial charge in [0.05, 0.1) is 18.5 Å². The fourth-order valence-electron chi connectivity index (χ4n) is 2.56. The van der Waals surface area contributed by atoms with Crippen LogP contribution >= 0.6 is 0 Å². The van der Waals surface area contributed by atoms with Gasteiger partial charge in [-0.25, -0.2) is 0 Å². The zero-order chi connectivity index (χ0) is 15.7. The molecule has 0 spiro atoms. The SMILES string of the molecule is COc1ccc(O)c(-c2cc(-c3ccccc3C)nn2C)c1. The topological polar surface area (TPSA) is 47.3 Å². The smallest absolute Gasteiger partial charge is 0.125 e. The highest BCUT2D eigenvalue weighted by Gasteiger charge is 2.14. The van der Waals surface area contributed by atoms with Gasteiger partial charge >= 0.3 is 0 Å². The quantitative estimate of drug-likeness (QED) is 0.799. The number of ether oxygens (including phenoxy) is 1. The van der Waals surface area contributed by atoms with Crippen molar-refractivity contribution in [3.8, 4) is 34.0 Å². The van der Waals surface area contributed by atoms with Gasteiger partial charge in [0, 0.05) is 18.2 Å². The Labute approximate surface area is 129 Å². The standard InChI is InChI=1S/C18H18N2O2/c1-12-6-4-5-7-14(12)16-11-17(20(2)19-16)15-10-13(22-3)8-9-18(15)21/h4-11,21H,1-3H3. The van der Waals surface area contributed by atoms with E-state index in [1.54, 1.807) is 23.9 Å². The van der Waals surface area contributed by atoms with Crippen LogP contribution < -0.4 is 4.74 Å². The van der Waals surface area contributed by atoms with Gasteiger partial charge < -0.3 is 9.84 Å². The molecule has 22 heavy (non-hydrogen) atoms. The van der Waals surface area contributed by atoms with Crippen LogP contribution in [0.25, 0.3) is 22.5 Å². The fraction of sp³-hybridized carbons (Fsp3) is 0.167. The van der Waals surface area contributed by atoms with E-state index in [-0.39, 0.29) is 5.75 Å². The van der Waals surface area contributed by atoms with Gasteiger partial charge in [0.2, 0.25) is 0 Å². The predicted molar refractivity (Wildman–Crippen MR) is 87.0 cm³/mol. The van der Waals surface area contributed by atoms with Crippen molar-refractivity contribution >= 4 is 0 Å². The third kappa shape index (κ3) is 2.44. The molecule has 3 aromatic rings. The second kappa shape index (κ2) is 5.56. The van der Waals surface area contributed by atoms with E-state index in [0.717, 1.165) is 17.0 Å². The lowest BCUT2D eigenvalue weighted by Crippen LogP contribution is -1.95. The Morgan fingerprint density at radius 2 is 1.82 bits per heavy atom. The van der Waals surface area contributed by atoms with Crippen molar-refractivity contribution < 1.29 is 9.84 Å². The number of aryl methyl sites for hydroxylation is 2. The van der Waals surface area contributed by atoms with Gasteiger partial charge in [-0.1, -0.05) is 24.3 Å². The molecule has 1 N–H and O–H groups in total. The first kappa shape index (κ1) is 14.2. The molecule has 2 aromatic carbocycles. The van der Waals surface area contributed by atoms with Gasteiger partial charge in [-0.05, 0) is 36.8 Å². The Morgan fingerprint density at radius 3 is 2.55 bits per heavy atom. The summed E-state index contributed by atoms with van der Waals surface area (Å²) in [7, 11) is 3.48. The average molecular weight is 294 g/mol. The maximum atomic E-state index is 10.1. The molecule has 0 radical (unpaired) electrons. The first-order valence-corrected chi connectivity index (χ1v) is 7.07.